The molecule has 0 fully saturated rings. The fourth-order valence-electron chi connectivity index (χ4n) is 3.25. The number of halogens is 1. The molecular weight excluding hydrogens is 388 g/mol. The summed E-state index contributed by atoms with van der Waals surface area (Å²) in [6.07, 6.45) is 1.67. The molecule has 0 spiro atoms. The van der Waals surface area contributed by atoms with Crippen molar-refractivity contribution in [2.45, 2.75) is 6.92 Å². The number of H-pyrrole nitrogens is 1. The molecule has 0 amide bonds. The summed E-state index contributed by atoms with van der Waals surface area (Å²) >= 11 is 6.10. The molecule has 0 radical (unpaired) electrons. The zero-order valence-electron chi connectivity index (χ0n) is 15.8. The van der Waals surface area contributed by atoms with Crippen molar-refractivity contribution in [2.75, 3.05) is 6.61 Å². The number of fused-ring (bicyclic) bond motifs is 1. The zero-order chi connectivity index (χ0) is 20.5. The van der Waals surface area contributed by atoms with Gasteiger partial charge in [-0.2, -0.15) is 0 Å². The maximum Gasteiger partial charge on any atom is 0.279 e. The van der Waals surface area contributed by atoms with Gasteiger partial charge in [0.15, 0.2) is 11.5 Å². The minimum absolute atomic E-state index is 0.122. The molecule has 5 nitrogen and oxygen atoms in total. The summed E-state index contributed by atoms with van der Waals surface area (Å²) in [5.41, 5.74) is 1.12. The summed E-state index contributed by atoms with van der Waals surface area (Å²) in [5.74, 6) is 0.144. The smallest absolute Gasteiger partial charge is 0.279 e. The number of hydrogen-bond acceptors (Lipinski definition) is 3. The molecule has 6 heteroatoms. The molecule has 2 N–H and O–H groups in total. The third kappa shape index (κ3) is 3.52. The Bertz CT molecular complexity index is 1390. The molecule has 0 atom stereocenters. The van der Waals surface area contributed by atoms with E-state index in [0.717, 1.165) is 16.5 Å². The van der Waals surface area contributed by atoms with Crippen molar-refractivity contribution in [3.63, 3.8) is 0 Å². The van der Waals surface area contributed by atoms with E-state index in [4.69, 9.17) is 16.3 Å². The number of phenolic OH excluding ortho intramolecular Hbond substituents is 1. The predicted molar refractivity (Wildman–Crippen MR) is 117 cm³/mol. The van der Waals surface area contributed by atoms with E-state index in [1.165, 1.54) is 4.68 Å². The van der Waals surface area contributed by atoms with Gasteiger partial charge in [-0.1, -0.05) is 48.5 Å². The van der Waals surface area contributed by atoms with Gasteiger partial charge in [0, 0.05) is 0 Å². The minimum atomic E-state index is -0.229. The van der Waals surface area contributed by atoms with Crippen LogP contribution in [0.3, 0.4) is 0 Å². The summed E-state index contributed by atoms with van der Waals surface area (Å²) < 4.78 is 6.87. The molecule has 0 saturated carbocycles. The minimum Gasteiger partial charge on any atom is -0.503 e. The molecule has 1 aromatic heterocycles. The number of rotatable bonds is 4. The van der Waals surface area contributed by atoms with Crippen molar-refractivity contribution in [1.82, 2.24) is 9.78 Å². The number of aromatic hydroxyl groups is 1. The van der Waals surface area contributed by atoms with Gasteiger partial charge in [0.2, 0.25) is 0 Å². The first kappa shape index (κ1) is 18.9. The van der Waals surface area contributed by atoms with Crippen LogP contribution in [0.1, 0.15) is 12.5 Å². The molecule has 0 bridgehead atoms. The first-order valence-electron chi connectivity index (χ1n) is 9.14. The summed E-state index contributed by atoms with van der Waals surface area (Å²) in [5, 5.41) is 16.2. The Balaban J connectivity index is 1.86. The molecule has 0 unspecified atom stereocenters. The lowest BCUT2D eigenvalue weighted by molar-refractivity contribution is 0.318. The Hall–Kier alpha value is -3.44. The van der Waals surface area contributed by atoms with Gasteiger partial charge in [-0.15, -0.1) is 0 Å². The molecular formula is C23H19ClN2O3. The SMILES string of the molecule is C=c1[nH]n(-c2ccc3ccccc3c2)c(=O)/c1=C\c1cc(Cl)c(O)c(OCC)c1. The van der Waals surface area contributed by atoms with Crippen molar-refractivity contribution in [1.29, 1.82) is 0 Å². The first-order chi connectivity index (χ1) is 14.0. The van der Waals surface area contributed by atoms with Crippen LogP contribution in [-0.4, -0.2) is 21.5 Å². The lowest BCUT2D eigenvalue weighted by atomic mass is 10.1. The number of aromatic nitrogens is 2. The van der Waals surface area contributed by atoms with Gasteiger partial charge in [-0.3, -0.25) is 9.89 Å². The monoisotopic (exact) mass is 406 g/mol. The van der Waals surface area contributed by atoms with Gasteiger partial charge in [-0.25, -0.2) is 4.68 Å². The van der Waals surface area contributed by atoms with Crippen LogP contribution in [-0.2, 0) is 0 Å². The molecule has 146 valence electrons. The van der Waals surface area contributed by atoms with E-state index in [2.05, 4.69) is 11.7 Å². The van der Waals surface area contributed by atoms with Gasteiger partial charge in [0.25, 0.3) is 5.56 Å². The Morgan fingerprint density at radius 2 is 1.93 bits per heavy atom. The number of nitrogens with zero attached hydrogens (tertiary/aromatic N) is 1. The molecule has 0 saturated heterocycles. The van der Waals surface area contributed by atoms with E-state index in [-0.39, 0.29) is 22.1 Å². The highest BCUT2D eigenvalue weighted by Crippen LogP contribution is 2.35. The third-order valence-corrected chi connectivity index (χ3v) is 4.95. The molecule has 0 aliphatic rings. The first-order valence-corrected chi connectivity index (χ1v) is 9.52. The van der Waals surface area contributed by atoms with Crippen molar-refractivity contribution in [3.05, 3.63) is 86.1 Å². The summed E-state index contributed by atoms with van der Waals surface area (Å²) in [6, 6.07) is 17.0. The maximum absolute atomic E-state index is 13.0. The molecule has 0 aliphatic heterocycles. The number of nitrogens with one attached hydrogen (secondary N) is 1. The molecule has 0 aliphatic carbocycles. The standard InChI is InChI=1S/C23H19ClN2O3/c1-3-29-21-12-15(11-20(24)22(21)27)10-19-14(2)25-26(23(19)28)18-9-8-16-6-4-5-7-17(16)13-18/h4-13,25,27H,2-3H2,1H3/b19-10-. The van der Waals surface area contributed by atoms with Gasteiger partial charge in [-0.05, 0) is 53.6 Å². The highest BCUT2D eigenvalue weighted by molar-refractivity contribution is 6.32. The Morgan fingerprint density at radius 3 is 2.69 bits per heavy atom. The van der Waals surface area contributed by atoms with Crippen molar-refractivity contribution in [2.24, 2.45) is 0 Å². The highest BCUT2D eigenvalue weighted by Gasteiger charge is 2.10. The largest absolute Gasteiger partial charge is 0.503 e. The molecule has 29 heavy (non-hydrogen) atoms. The van der Waals surface area contributed by atoms with Crippen molar-refractivity contribution < 1.29 is 9.84 Å². The average molecular weight is 407 g/mol. The average Bonchev–Trinajstić information content (AvgIpc) is 2.99. The van der Waals surface area contributed by atoms with E-state index in [0.29, 0.717) is 22.7 Å². The lowest BCUT2D eigenvalue weighted by Gasteiger charge is -2.08. The molecule has 4 rings (SSSR count). The van der Waals surface area contributed by atoms with Crippen LogP contribution in [0.5, 0.6) is 11.5 Å². The quantitative estimate of drug-likeness (QED) is 0.546. The zero-order valence-corrected chi connectivity index (χ0v) is 16.5. The third-order valence-electron chi connectivity index (χ3n) is 4.66. The van der Waals surface area contributed by atoms with Crippen LogP contribution in [0.25, 0.3) is 29.1 Å². The number of phenols is 1. The predicted octanol–water partition coefficient (Wildman–Crippen LogP) is 3.32. The lowest BCUT2D eigenvalue weighted by Crippen LogP contribution is -2.33. The van der Waals surface area contributed by atoms with E-state index in [9.17, 15) is 9.90 Å². The van der Waals surface area contributed by atoms with Gasteiger partial charge in [0.1, 0.15) is 0 Å². The summed E-state index contributed by atoms with van der Waals surface area (Å²) in [6.45, 7) is 6.16. The fraction of sp³-hybridized carbons (Fsp3) is 0.0870. The number of aromatic amines is 1. The van der Waals surface area contributed by atoms with Crippen molar-refractivity contribution >= 4 is 35.0 Å². The topological polar surface area (TPSA) is 67.2 Å². The molecule has 4 aromatic rings. The fourth-order valence-corrected chi connectivity index (χ4v) is 3.47. The normalized spacial score (nSPS) is 11.9. The van der Waals surface area contributed by atoms with Crippen LogP contribution in [0.4, 0.5) is 0 Å². The number of hydrogen-bond donors (Lipinski definition) is 2. The van der Waals surface area contributed by atoms with Crippen LogP contribution >= 0.6 is 11.6 Å². The Morgan fingerprint density at radius 1 is 1.17 bits per heavy atom. The molecule has 3 aromatic carbocycles. The van der Waals surface area contributed by atoms with Crippen LogP contribution in [0.2, 0.25) is 5.02 Å². The Kier molecular flexibility index (Phi) is 4.91. The summed E-state index contributed by atoms with van der Waals surface area (Å²) in [7, 11) is 0. The molecule has 1 heterocycles. The van der Waals surface area contributed by atoms with E-state index in [1.807, 2.05) is 49.4 Å². The van der Waals surface area contributed by atoms with Crippen molar-refractivity contribution in [3.8, 4) is 17.2 Å². The second-order valence-electron chi connectivity index (χ2n) is 6.60. The van der Waals surface area contributed by atoms with Crippen LogP contribution in [0.15, 0.2) is 59.4 Å². The second kappa shape index (κ2) is 7.53. The van der Waals surface area contributed by atoms with Gasteiger partial charge in [0.05, 0.1) is 27.9 Å². The summed E-state index contributed by atoms with van der Waals surface area (Å²) in [4.78, 5) is 13.0. The van der Waals surface area contributed by atoms with Crippen LogP contribution in [0, 0.1) is 0 Å². The van der Waals surface area contributed by atoms with Gasteiger partial charge < -0.3 is 9.84 Å². The van der Waals surface area contributed by atoms with E-state index in [1.54, 1.807) is 18.2 Å². The van der Waals surface area contributed by atoms with Crippen LogP contribution < -0.4 is 20.9 Å². The maximum atomic E-state index is 13.0. The van der Waals surface area contributed by atoms with E-state index >= 15 is 0 Å². The number of benzene rings is 3. The van der Waals surface area contributed by atoms with E-state index < -0.39 is 0 Å². The highest BCUT2D eigenvalue weighted by atomic mass is 35.5. The number of ether oxygens (including phenoxy) is 1. The Labute approximate surface area is 171 Å². The van der Waals surface area contributed by atoms with Gasteiger partial charge >= 0.3 is 0 Å². The second-order valence-corrected chi connectivity index (χ2v) is 7.01.